The Morgan fingerprint density at radius 3 is 2.82 bits per heavy atom. The van der Waals surface area contributed by atoms with Crippen LogP contribution in [0.1, 0.15) is 19.3 Å². The molecule has 0 spiro atoms. The molecule has 3 rings (SSSR count). The molecule has 0 aromatic carbocycles. The van der Waals surface area contributed by atoms with E-state index in [0.717, 1.165) is 30.5 Å². The molecule has 3 aliphatic rings. The molecule has 0 amide bonds. The van der Waals surface area contributed by atoms with E-state index in [0.29, 0.717) is 0 Å². The van der Waals surface area contributed by atoms with Crippen LogP contribution in [0.25, 0.3) is 0 Å². The Labute approximate surface area is 67.7 Å². The van der Waals surface area contributed by atoms with Crippen LogP contribution in [0.15, 0.2) is 0 Å². The average Bonchev–Trinajstić information content (AvgIpc) is 2.87. The van der Waals surface area contributed by atoms with Gasteiger partial charge in [-0.2, -0.15) is 0 Å². The average molecular weight is 152 g/mol. The van der Waals surface area contributed by atoms with Gasteiger partial charge in [0.15, 0.2) is 0 Å². The molecule has 0 aromatic rings. The van der Waals surface area contributed by atoms with Crippen LogP contribution in [0.4, 0.5) is 0 Å². The van der Waals surface area contributed by atoms with Gasteiger partial charge in [-0.15, -0.1) is 0 Å². The maximum Gasteiger partial charge on any atom is 0.0252 e. The fourth-order valence-electron chi connectivity index (χ4n) is 2.74. The summed E-state index contributed by atoms with van der Waals surface area (Å²) >= 11 is 0. The van der Waals surface area contributed by atoms with E-state index in [2.05, 4.69) is 4.90 Å². The Balaban J connectivity index is 1.74. The highest BCUT2D eigenvalue weighted by Crippen LogP contribution is 2.52. The Morgan fingerprint density at radius 1 is 1.36 bits per heavy atom. The second-order valence-electron chi connectivity index (χ2n) is 4.39. The quantitative estimate of drug-likeness (QED) is 0.621. The molecule has 11 heavy (non-hydrogen) atoms. The molecule has 2 aliphatic carbocycles. The number of fused-ring (bicyclic) bond motifs is 1. The highest BCUT2D eigenvalue weighted by Gasteiger charge is 2.54. The molecule has 0 radical (unpaired) electrons. The summed E-state index contributed by atoms with van der Waals surface area (Å²) in [6.07, 6.45) is 4.36. The summed E-state index contributed by atoms with van der Waals surface area (Å²) in [7, 11) is 0. The Hall–Kier alpha value is -0.0800. The molecular weight excluding hydrogens is 136 g/mol. The van der Waals surface area contributed by atoms with Crippen molar-refractivity contribution in [3.8, 4) is 0 Å². The van der Waals surface area contributed by atoms with Crippen molar-refractivity contribution in [2.75, 3.05) is 13.1 Å². The van der Waals surface area contributed by atoms with E-state index in [-0.39, 0.29) is 0 Å². The van der Waals surface area contributed by atoms with Gasteiger partial charge in [-0.1, -0.05) is 0 Å². The summed E-state index contributed by atoms with van der Waals surface area (Å²) < 4.78 is 0. The van der Waals surface area contributed by atoms with Crippen molar-refractivity contribution in [2.45, 2.75) is 31.3 Å². The lowest BCUT2D eigenvalue weighted by molar-refractivity contribution is 0.214. The lowest BCUT2D eigenvalue weighted by Crippen LogP contribution is -2.40. The van der Waals surface area contributed by atoms with Gasteiger partial charge < -0.3 is 5.73 Å². The molecule has 3 unspecified atom stereocenters. The Morgan fingerprint density at radius 2 is 2.18 bits per heavy atom. The van der Waals surface area contributed by atoms with Crippen molar-refractivity contribution < 1.29 is 0 Å². The second-order valence-corrected chi connectivity index (χ2v) is 4.39. The van der Waals surface area contributed by atoms with E-state index in [1.54, 1.807) is 0 Å². The van der Waals surface area contributed by atoms with Crippen LogP contribution in [-0.2, 0) is 0 Å². The molecular formula is C9H16N2. The van der Waals surface area contributed by atoms with Crippen LogP contribution in [-0.4, -0.2) is 30.1 Å². The van der Waals surface area contributed by atoms with E-state index in [9.17, 15) is 0 Å². The number of likely N-dealkylation sites (tertiary alicyclic amines) is 1. The molecule has 62 valence electrons. The number of nitrogens with zero attached hydrogens (tertiary/aromatic N) is 1. The van der Waals surface area contributed by atoms with Gasteiger partial charge in [-0.3, -0.25) is 4.90 Å². The Kier molecular flexibility index (Phi) is 1.16. The van der Waals surface area contributed by atoms with Crippen LogP contribution in [0.3, 0.4) is 0 Å². The fourth-order valence-corrected chi connectivity index (χ4v) is 2.74. The molecule has 2 nitrogen and oxygen atoms in total. The van der Waals surface area contributed by atoms with E-state index in [1.165, 1.54) is 25.8 Å². The van der Waals surface area contributed by atoms with Gasteiger partial charge >= 0.3 is 0 Å². The SMILES string of the molecule is NCC1C2CC2CN1C1CC1. The number of nitrogens with two attached hydrogens (primary N) is 1. The molecule has 3 fully saturated rings. The van der Waals surface area contributed by atoms with Crippen molar-refractivity contribution in [1.82, 2.24) is 4.90 Å². The summed E-state index contributed by atoms with van der Waals surface area (Å²) in [5, 5.41) is 0. The molecule has 2 heteroatoms. The largest absolute Gasteiger partial charge is 0.329 e. The summed E-state index contributed by atoms with van der Waals surface area (Å²) in [5.41, 5.74) is 5.77. The topological polar surface area (TPSA) is 29.3 Å². The Bertz CT molecular complexity index is 176. The third-order valence-corrected chi connectivity index (χ3v) is 3.60. The summed E-state index contributed by atoms with van der Waals surface area (Å²) in [4.78, 5) is 2.68. The second kappa shape index (κ2) is 1.99. The number of hydrogen-bond donors (Lipinski definition) is 1. The van der Waals surface area contributed by atoms with Crippen molar-refractivity contribution in [3.05, 3.63) is 0 Å². The molecule has 1 heterocycles. The first-order chi connectivity index (χ1) is 5.40. The third-order valence-electron chi connectivity index (χ3n) is 3.60. The van der Waals surface area contributed by atoms with E-state index in [1.807, 2.05) is 0 Å². The van der Waals surface area contributed by atoms with Crippen LogP contribution < -0.4 is 5.73 Å². The molecule has 1 aliphatic heterocycles. The maximum atomic E-state index is 5.77. The standard InChI is InChI=1S/C9H16N2/c10-4-9-8-3-6(8)5-11(9)7-1-2-7/h6-9H,1-5,10H2. The van der Waals surface area contributed by atoms with Gasteiger partial charge in [-0.05, 0) is 31.1 Å². The van der Waals surface area contributed by atoms with Gasteiger partial charge in [0.25, 0.3) is 0 Å². The lowest BCUT2D eigenvalue weighted by atomic mass is 10.2. The van der Waals surface area contributed by atoms with E-state index >= 15 is 0 Å². The number of hydrogen-bond acceptors (Lipinski definition) is 2. The van der Waals surface area contributed by atoms with Crippen molar-refractivity contribution >= 4 is 0 Å². The van der Waals surface area contributed by atoms with Crippen LogP contribution >= 0.6 is 0 Å². The molecule has 2 N–H and O–H groups in total. The van der Waals surface area contributed by atoms with Crippen LogP contribution in [0, 0.1) is 11.8 Å². The van der Waals surface area contributed by atoms with E-state index in [4.69, 9.17) is 5.73 Å². The molecule has 1 saturated heterocycles. The minimum absolute atomic E-state index is 0.771. The first kappa shape index (κ1) is 6.44. The predicted molar refractivity (Wildman–Crippen MR) is 44.2 cm³/mol. The third kappa shape index (κ3) is 0.859. The smallest absolute Gasteiger partial charge is 0.0252 e. The van der Waals surface area contributed by atoms with Crippen LogP contribution in [0.5, 0.6) is 0 Å². The lowest BCUT2D eigenvalue weighted by Gasteiger charge is -2.25. The highest BCUT2D eigenvalue weighted by molar-refractivity contribution is 5.08. The van der Waals surface area contributed by atoms with Crippen LogP contribution in [0.2, 0.25) is 0 Å². The predicted octanol–water partition coefficient (Wildman–Crippen LogP) is 0.428. The zero-order valence-electron chi connectivity index (χ0n) is 6.87. The van der Waals surface area contributed by atoms with Gasteiger partial charge in [0.2, 0.25) is 0 Å². The normalized spacial score (nSPS) is 49.4. The van der Waals surface area contributed by atoms with Gasteiger partial charge in [0, 0.05) is 25.2 Å². The molecule has 2 saturated carbocycles. The summed E-state index contributed by atoms with van der Waals surface area (Å²) in [6, 6.07) is 1.71. The minimum atomic E-state index is 0.771. The highest BCUT2D eigenvalue weighted by atomic mass is 15.3. The van der Waals surface area contributed by atoms with Crippen molar-refractivity contribution in [3.63, 3.8) is 0 Å². The molecule has 0 aromatic heterocycles. The van der Waals surface area contributed by atoms with Gasteiger partial charge in [-0.25, -0.2) is 0 Å². The summed E-state index contributed by atoms with van der Waals surface area (Å²) in [6.45, 7) is 2.27. The first-order valence-electron chi connectivity index (χ1n) is 4.86. The fraction of sp³-hybridized carbons (Fsp3) is 1.00. The minimum Gasteiger partial charge on any atom is -0.329 e. The first-order valence-corrected chi connectivity index (χ1v) is 4.86. The van der Waals surface area contributed by atoms with Gasteiger partial charge in [0.05, 0.1) is 0 Å². The molecule has 3 atom stereocenters. The zero-order chi connectivity index (χ0) is 7.42. The maximum absolute atomic E-state index is 5.77. The monoisotopic (exact) mass is 152 g/mol. The molecule has 0 bridgehead atoms. The summed E-state index contributed by atoms with van der Waals surface area (Å²) in [5.74, 6) is 2.05. The van der Waals surface area contributed by atoms with Crippen molar-refractivity contribution in [2.24, 2.45) is 17.6 Å². The van der Waals surface area contributed by atoms with Gasteiger partial charge in [0.1, 0.15) is 0 Å². The number of piperidine rings is 1. The zero-order valence-corrected chi connectivity index (χ0v) is 6.87. The number of rotatable bonds is 2. The van der Waals surface area contributed by atoms with Crippen molar-refractivity contribution in [1.29, 1.82) is 0 Å². The van der Waals surface area contributed by atoms with E-state index < -0.39 is 0 Å².